The first-order chi connectivity index (χ1) is 4.57. The third kappa shape index (κ3) is 2.98. The molecule has 0 saturated heterocycles. The zero-order chi connectivity index (χ0) is 8.15. The van der Waals surface area contributed by atoms with Crippen molar-refractivity contribution in [2.45, 2.75) is 12.6 Å². The summed E-state index contributed by atoms with van der Waals surface area (Å²) in [6.07, 6.45) is -2.46. The van der Waals surface area contributed by atoms with Gasteiger partial charge in [-0.2, -0.15) is 0 Å². The fraction of sp³-hybridized carbons (Fsp3) is 0.750. The van der Waals surface area contributed by atoms with Gasteiger partial charge in [0.05, 0.1) is 12.0 Å². The summed E-state index contributed by atoms with van der Waals surface area (Å²) in [7, 11) is 1.09. The fourth-order valence-electron chi connectivity index (χ4n) is 0.307. The number of carbonyl (C=O) groups is 1. The minimum Gasteiger partial charge on any atom is -0.469 e. The number of nitro groups is 1. The van der Waals surface area contributed by atoms with Crippen molar-refractivity contribution in [2.24, 2.45) is 0 Å². The number of nitrogens with zero attached hydrogens (tertiary/aromatic N) is 1. The van der Waals surface area contributed by atoms with E-state index < -0.39 is 23.5 Å². The van der Waals surface area contributed by atoms with Crippen LogP contribution in [0.4, 0.5) is 0 Å². The van der Waals surface area contributed by atoms with Crippen LogP contribution < -0.4 is 0 Å². The van der Waals surface area contributed by atoms with E-state index in [1.807, 2.05) is 0 Å². The number of rotatable bonds is 3. The Morgan fingerprint density at radius 2 is 2.40 bits per heavy atom. The fourth-order valence-corrected chi connectivity index (χ4v) is 0.307. The van der Waals surface area contributed by atoms with E-state index in [0.29, 0.717) is 0 Å². The van der Waals surface area contributed by atoms with E-state index >= 15 is 0 Å². The molecule has 0 aliphatic heterocycles. The molecule has 0 radical (unpaired) electrons. The van der Waals surface area contributed by atoms with Crippen LogP contribution in [0, 0.1) is 10.1 Å². The molecule has 58 valence electrons. The maximum atomic E-state index is 10.2. The van der Waals surface area contributed by atoms with E-state index in [-0.39, 0.29) is 0 Å². The zero-order valence-electron chi connectivity index (χ0n) is 5.31. The van der Waals surface area contributed by atoms with Gasteiger partial charge >= 0.3 is 12.2 Å². The molecule has 6 heteroatoms. The summed E-state index contributed by atoms with van der Waals surface area (Å²) in [5.74, 6) is -0.802. The van der Waals surface area contributed by atoms with Crippen LogP contribution in [-0.2, 0) is 9.53 Å². The van der Waals surface area contributed by atoms with Gasteiger partial charge in [0.25, 0.3) is 0 Å². The molecule has 0 saturated carbocycles. The van der Waals surface area contributed by atoms with Crippen molar-refractivity contribution in [1.82, 2.24) is 0 Å². The average Bonchev–Trinajstić information content (AvgIpc) is 1.87. The SMILES string of the molecule is COC(=O)CC(O)[N+](=O)[O-]. The highest BCUT2D eigenvalue weighted by Gasteiger charge is 2.19. The van der Waals surface area contributed by atoms with Gasteiger partial charge in [-0.25, -0.2) is 0 Å². The van der Waals surface area contributed by atoms with Gasteiger partial charge in [0, 0.05) is 0 Å². The molecule has 0 aliphatic carbocycles. The van der Waals surface area contributed by atoms with Crippen molar-refractivity contribution in [3.8, 4) is 0 Å². The first-order valence-corrected chi connectivity index (χ1v) is 2.46. The topological polar surface area (TPSA) is 89.7 Å². The molecule has 1 atom stereocenters. The van der Waals surface area contributed by atoms with Crippen LogP contribution in [0.5, 0.6) is 0 Å². The summed E-state index contributed by atoms with van der Waals surface area (Å²) in [6.45, 7) is 0. The Balaban J connectivity index is 3.68. The zero-order valence-corrected chi connectivity index (χ0v) is 5.31. The monoisotopic (exact) mass is 149 g/mol. The highest BCUT2D eigenvalue weighted by molar-refractivity contribution is 5.69. The number of carbonyl (C=O) groups excluding carboxylic acids is 1. The van der Waals surface area contributed by atoms with Crippen LogP contribution in [-0.4, -0.2) is 29.3 Å². The van der Waals surface area contributed by atoms with Crippen LogP contribution in [0.1, 0.15) is 6.42 Å². The molecule has 0 heterocycles. The molecule has 0 spiro atoms. The van der Waals surface area contributed by atoms with Crippen molar-refractivity contribution in [3.63, 3.8) is 0 Å². The van der Waals surface area contributed by atoms with Gasteiger partial charge in [-0.05, 0) is 0 Å². The first-order valence-electron chi connectivity index (χ1n) is 2.46. The lowest BCUT2D eigenvalue weighted by atomic mass is 10.4. The Morgan fingerprint density at radius 3 is 2.70 bits per heavy atom. The number of hydrogen-bond acceptors (Lipinski definition) is 5. The van der Waals surface area contributed by atoms with Gasteiger partial charge in [-0.15, -0.1) is 0 Å². The van der Waals surface area contributed by atoms with E-state index in [0.717, 1.165) is 7.11 Å². The van der Waals surface area contributed by atoms with Crippen LogP contribution in [0.25, 0.3) is 0 Å². The van der Waals surface area contributed by atoms with E-state index in [1.54, 1.807) is 0 Å². The Morgan fingerprint density at radius 1 is 1.90 bits per heavy atom. The molecule has 0 bridgehead atoms. The molecule has 1 N–H and O–H groups in total. The summed E-state index contributed by atoms with van der Waals surface area (Å²) in [6, 6.07) is 0. The summed E-state index contributed by atoms with van der Waals surface area (Å²) in [5, 5.41) is 18.1. The van der Waals surface area contributed by atoms with Gasteiger partial charge in [-0.3, -0.25) is 14.9 Å². The summed E-state index contributed by atoms with van der Waals surface area (Å²) in [5.41, 5.74) is 0. The van der Waals surface area contributed by atoms with Crippen LogP contribution >= 0.6 is 0 Å². The highest BCUT2D eigenvalue weighted by atomic mass is 16.7. The van der Waals surface area contributed by atoms with Gasteiger partial charge < -0.3 is 9.84 Å². The Labute approximate surface area is 56.6 Å². The molecule has 0 rings (SSSR count). The van der Waals surface area contributed by atoms with E-state index in [2.05, 4.69) is 4.74 Å². The van der Waals surface area contributed by atoms with Crippen molar-refractivity contribution < 1.29 is 19.6 Å². The van der Waals surface area contributed by atoms with Crippen molar-refractivity contribution in [3.05, 3.63) is 10.1 Å². The second-order valence-electron chi connectivity index (χ2n) is 1.55. The van der Waals surface area contributed by atoms with Crippen molar-refractivity contribution >= 4 is 5.97 Å². The minimum absolute atomic E-state index is 0.608. The lowest BCUT2D eigenvalue weighted by Gasteiger charge is -1.99. The Kier molecular flexibility index (Phi) is 3.34. The summed E-state index contributed by atoms with van der Waals surface area (Å²) >= 11 is 0. The summed E-state index contributed by atoms with van der Waals surface area (Å²) < 4.78 is 4.07. The molecular formula is C4H7NO5. The number of methoxy groups -OCH3 is 1. The number of hydrogen-bond donors (Lipinski definition) is 1. The van der Waals surface area contributed by atoms with Gasteiger partial charge in [0.1, 0.15) is 6.42 Å². The lowest BCUT2D eigenvalue weighted by Crippen LogP contribution is -2.22. The molecule has 0 aromatic heterocycles. The second kappa shape index (κ2) is 3.78. The first kappa shape index (κ1) is 8.83. The molecule has 6 nitrogen and oxygen atoms in total. The number of esters is 1. The molecule has 0 aliphatic rings. The predicted octanol–water partition coefficient (Wildman–Crippen LogP) is -0.855. The molecular weight excluding hydrogens is 142 g/mol. The normalized spacial score (nSPS) is 12.2. The van der Waals surface area contributed by atoms with E-state index in [4.69, 9.17) is 5.11 Å². The van der Waals surface area contributed by atoms with E-state index in [1.165, 1.54) is 0 Å². The van der Waals surface area contributed by atoms with Gasteiger partial charge in [-0.1, -0.05) is 0 Å². The number of ether oxygens (including phenoxy) is 1. The molecule has 10 heavy (non-hydrogen) atoms. The van der Waals surface area contributed by atoms with Gasteiger partial charge in [0.15, 0.2) is 0 Å². The third-order valence-corrected chi connectivity index (χ3v) is 0.820. The Bertz CT molecular complexity index is 145. The van der Waals surface area contributed by atoms with Crippen molar-refractivity contribution in [2.75, 3.05) is 7.11 Å². The standard InChI is InChI=1S/C4H7NO5/c1-10-4(7)2-3(6)5(8)9/h3,6H,2H2,1H3. The molecule has 0 amide bonds. The second-order valence-corrected chi connectivity index (χ2v) is 1.55. The van der Waals surface area contributed by atoms with Crippen LogP contribution in [0.2, 0.25) is 0 Å². The largest absolute Gasteiger partial charge is 0.469 e. The summed E-state index contributed by atoms with van der Waals surface area (Å²) in [4.78, 5) is 19.0. The van der Waals surface area contributed by atoms with Gasteiger partial charge in [0.2, 0.25) is 0 Å². The van der Waals surface area contributed by atoms with Crippen molar-refractivity contribution in [1.29, 1.82) is 0 Å². The maximum absolute atomic E-state index is 10.2. The highest BCUT2D eigenvalue weighted by Crippen LogP contribution is 1.93. The maximum Gasteiger partial charge on any atom is 0.323 e. The number of aliphatic hydroxyl groups excluding tert-OH is 1. The average molecular weight is 149 g/mol. The molecule has 0 fully saturated rings. The predicted molar refractivity (Wildman–Crippen MR) is 29.6 cm³/mol. The van der Waals surface area contributed by atoms with Crippen LogP contribution in [0.15, 0.2) is 0 Å². The minimum atomic E-state index is -1.85. The van der Waals surface area contributed by atoms with Crippen LogP contribution in [0.3, 0.4) is 0 Å². The molecule has 0 aromatic carbocycles. The van der Waals surface area contributed by atoms with E-state index in [9.17, 15) is 14.9 Å². The molecule has 0 aromatic rings. The smallest absolute Gasteiger partial charge is 0.323 e. The lowest BCUT2D eigenvalue weighted by molar-refractivity contribution is -0.569. The Hall–Kier alpha value is -1.17. The third-order valence-electron chi connectivity index (χ3n) is 0.820. The number of aliphatic hydroxyl groups is 1. The molecule has 1 unspecified atom stereocenters. The quantitative estimate of drug-likeness (QED) is 0.244.